The summed E-state index contributed by atoms with van der Waals surface area (Å²) in [5, 5.41) is 0. The van der Waals surface area contributed by atoms with Gasteiger partial charge in [-0.05, 0) is 54.7 Å². The van der Waals surface area contributed by atoms with Crippen LogP contribution in [-0.2, 0) is 31.9 Å². The zero-order chi connectivity index (χ0) is 17.9. The molecule has 4 rings (SSSR count). The summed E-state index contributed by atoms with van der Waals surface area (Å²) in [6, 6.07) is 10.5. The van der Waals surface area contributed by atoms with Gasteiger partial charge in [-0.15, -0.1) is 0 Å². The summed E-state index contributed by atoms with van der Waals surface area (Å²) in [6.07, 6.45) is 0.171. The Bertz CT molecular complexity index is 1000. The van der Waals surface area contributed by atoms with Crippen LogP contribution < -0.4 is 0 Å². The SMILES string of the molecule is Cc1ccc(S(=O)(=O)N2[C@H]3c4ccccc4C[C@H]3O[S@]2=O)c(C)c1C. The minimum Gasteiger partial charge on any atom is -0.272 e. The molecule has 0 spiro atoms. The molecule has 2 aromatic rings. The maximum atomic E-state index is 13.3. The van der Waals surface area contributed by atoms with Crippen LogP contribution in [0.4, 0.5) is 0 Å². The fraction of sp³-hybridized carbons (Fsp3) is 0.333. The molecule has 1 aliphatic heterocycles. The molecular formula is C18H19NO4S2. The highest BCUT2D eigenvalue weighted by Crippen LogP contribution is 2.46. The molecule has 2 aromatic carbocycles. The zero-order valence-electron chi connectivity index (χ0n) is 14.2. The van der Waals surface area contributed by atoms with Crippen LogP contribution in [0, 0.1) is 20.8 Å². The molecule has 0 aromatic heterocycles. The average molecular weight is 377 g/mol. The van der Waals surface area contributed by atoms with E-state index in [4.69, 9.17) is 4.18 Å². The highest BCUT2D eigenvalue weighted by atomic mass is 32.3. The number of hydrogen-bond acceptors (Lipinski definition) is 4. The second-order valence-corrected chi connectivity index (χ2v) is 9.63. The van der Waals surface area contributed by atoms with Crippen LogP contribution in [0.3, 0.4) is 0 Å². The number of nitrogens with zero attached hydrogens (tertiary/aromatic N) is 1. The van der Waals surface area contributed by atoms with E-state index in [-0.39, 0.29) is 4.90 Å². The van der Waals surface area contributed by atoms with Crippen molar-refractivity contribution in [2.45, 2.75) is 44.2 Å². The molecule has 1 heterocycles. The topological polar surface area (TPSA) is 63.7 Å². The number of aryl methyl sites for hydroxylation is 1. The highest BCUT2D eigenvalue weighted by molar-refractivity contribution is 7.99. The van der Waals surface area contributed by atoms with E-state index in [2.05, 4.69) is 0 Å². The van der Waals surface area contributed by atoms with Gasteiger partial charge in [0.15, 0.2) is 0 Å². The molecule has 132 valence electrons. The predicted octanol–water partition coefficient (Wildman–Crippen LogP) is 2.88. The van der Waals surface area contributed by atoms with Crippen molar-refractivity contribution >= 4 is 21.3 Å². The van der Waals surface area contributed by atoms with Gasteiger partial charge in [0, 0.05) is 6.42 Å². The Morgan fingerprint density at radius 1 is 1.08 bits per heavy atom. The summed E-state index contributed by atoms with van der Waals surface area (Å²) < 4.78 is 45.7. The van der Waals surface area contributed by atoms with Crippen molar-refractivity contribution in [1.29, 1.82) is 0 Å². The summed E-state index contributed by atoms with van der Waals surface area (Å²) in [7, 11) is -3.95. The Balaban J connectivity index is 1.86. The molecule has 2 aliphatic rings. The van der Waals surface area contributed by atoms with Crippen molar-refractivity contribution in [3.63, 3.8) is 0 Å². The maximum Gasteiger partial charge on any atom is 0.256 e. The smallest absolute Gasteiger partial charge is 0.256 e. The Labute approximate surface area is 150 Å². The normalized spacial score (nSPS) is 25.8. The lowest BCUT2D eigenvalue weighted by atomic mass is 10.1. The van der Waals surface area contributed by atoms with Crippen molar-refractivity contribution in [2.75, 3.05) is 0 Å². The number of rotatable bonds is 2. The standard InChI is InChI=1S/C18H19NO4S2/c1-11-8-9-17(13(3)12(11)2)25(21,22)19-18-15-7-5-4-6-14(15)10-16(18)23-24(19)20/h4-9,16,18H,10H2,1-3H3/t16-,18+,24-/m1/s1. The van der Waals surface area contributed by atoms with Gasteiger partial charge in [0.05, 0.1) is 10.9 Å². The first-order valence-corrected chi connectivity index (χ1v) is 10.6. The van der Waals surface area contributed by atoms with Crippen molar-refractivity contribution in [1.82, 2.24) is 3.71 Å². The van der Waals surface area contributed by atoms with E-state index < -0.39 is 33.4 Å². The van der Waals surface area contributed by atoms with E-state index in [1.165, 1.54) is 0 Å². The highest BCUT2D eigenvalue weighted by Gasteiger charge is 2.53. The van der Waals surface area contributed by atoms with Crippen molar-refractivity contribution in [2.24, 2.45) is 0 Å². The molecule has 0 bridgehead atoms. The van der Waals surface area contributed by atoms with Crippen molar-refractivity contribution in [3.8, 4) is 0 Å². The molecule has 25 heavy (non-hydrogen) atoms. The Hall–Kier alpha value is -1.54. The molecule has 0 saturated carbocycles. The third kappa shape index (κ3) is 2.41. The maximum absolute atomic E-state index is 13.3. The van der Waals surface area contributed by atoms with Gasteiger partial charge in [0.1, 0.15) is 6.10 Å². The molecule has 1 aliphatic carbocycles. The molecule has 0 unspecified atom stereocenters. The Kier molecular flexibility index (Phi) is 3.88. The summed E-state index contributed by atoms with van der Waals surface area (Å²) >= 11 is -2.02. The quantitative estimate of drug-likeness (QED) is 0.807. The number of sulfonamides is 1. The van der Waals surface area contributed by atoms with Crippen molar-refractivity contribution < 1.29 is 16.8 Å². The third-order valence-corrected chi connectivity index (χ3v) is 8.84. The van der Waals surface area contributed by atoms with Crippen LogP contribution in [0.15, 0.2) is 41.3 Å². The molecule has 3 atom stereocenters. The zero-order valence-corrected chi connectivity index (χ0v) is 15.9. The lowest BCUT2D eigenvalue weighted by molar-refractivity contribution is 0.230. The summed E-state index contributed by atoms with van der Waals surface area (Å²) in [4.78, 5) is 0.192. The van der Waals surface area contributed by atoms with E-state index in [1.807, 2.05) is 38.1 Å². The molecule has 0 N–H and O–H groups in total. The van der Waals surface area contributed by atoms with Crippen LogP contribution in [0.1, 0.15) is 33.9 Å². The summed E-state index contributed by atoms with van der Waals surface area (Å²) in [5.74, 6) is 0. The molecule has 1 saturated heterocycles. The minimum atomic E-state index is -3.95. The number of benzene rings is 2. The van der Waals surface area contributed by atoms with Gasteiger partial charge in [-0.3, -0.25) is 4.18 Å². The van der Waals surface area contributed by atoms with E-state index >= 15 is 0 Å². The molecule has 7 heteroatoms. The van der Waals surface area contributed by atoms with E-state index in [0.717, 1.165) is 26.0 Å². The fourth-order valence-corrected chi connectivity index (χ4v) is 7.07. The Morgan fingerprint density at radius 3 is 2.56 bits per heavy atom. The lowest BCUT2D eigenvalue weighted by Crippen LogP contribution is -2.33. The fourth-order valence-electron chi connectivity index (χ4n) is 3.65. The first-order valence-electron chi connectivity index (χ1n) is 8.10. The first kappa shape index (κ1) is 16.9. The van der Waals surface area contributed by atoms with Crippen LogP contribution >= 0.6 is 0 Å². The number of fused-ring (bicyclic) bond motifs is 3. The minimum absolute atomic E-state index is 0.192. The van der Waals surface area contributed by atoms with Crippen LogP contribution in [0.2, 0.25) is 0 Å². The predicted molar refractivity (Wildman–Crippen MR) is 95.6 cm³/mol. The van der Waals surface area contributed by atoms with Gasteiger partial charge >= 0.3 is 0 Å². The summed E-state index contributed by atoms with van der Waals surface area (Å²) in [6.45, 7) is 5.63. The van der Waals surface area contributed by atoms with Gasteiger partial charge in [-0.1, -0.05) is 34.0 Å². The summed E-state index contributed by atoms with van der Waals surface area (Å²) in [5.41, 5.74) is 4.57. The van der Waals surface area contributed by atoms with Gasteiger partial charge in [0.2, 0.25) is 0 Å². The van der Waals surface area contributed by atoms with Crippen LogP contribution in [-0.4, -0.2) is 22.4 Å². The first-order chi connectivity index (χ1) is 11.8. The van der Waals surface area contributed by atoms with Gasteiger partial charge in [-0.2, -0.15) is 0 Å². The van der Waals surface area contributed by atoms with E-state index in [1.54, 1.807) is 19.1 Å². The second-order valence-electron chi connectivity index (χ2n) is 6.59. The van der Waals surface area contributed by atoms with Crippen LogP contribution in [0.5, 0.6) is 0 Å². The lowest BCUT2D eigenvalue weighted by Gasteiger charge is -2.22. The second kappa shape index (κ2) is 5.74. The van der Waals surface area contributed by atoms with E-state index in [9.17, 15) is 12.6 Å². The van der Waals surface area contributed by atoms with Gasteiger partial charge in [-0.25, -0.2) is 12.6 Å². The van der Waals surface area contributed by atoms with E-state index in [0.29, 0.717) is 12.0 Å². The molecule has 1 fully saturated rings. The molecule has 5 nitrogen and oxygen atoms in total. The molecular weight excluding hydrogens is 358 g/mol. The van der Waals surface area contributed by atoms with Crippen molar-refractivity contribution in [3.05, 3.63) is 64.2 Å². The largest absolute Gasteiger partial charge is 0.272 e. The number of hydrogen-bond donors (Lipinski definition) is 0. The van der Waals surface area contributed by atoms with Crippen LogP contribution in [0.25, 0.3) is 0 Å². The van der Waals surface area contributed by atoms with Gasteiger partial charge in [0.25, 0.3) is 21.3 Å². The average Bonchev–Trinajstić information content (AvgIpc) is 3.06. The third-order valence-electron chi connectivity index (χ3n) is 5.25. The monoisotopic (exact) mass is 377 g/mol. The molecule has 0 amide bonds. The van der Waals surface area contributed by atoms with Gasteiger partial charge < -0.3 is 0 Å². The Morgan fingerprint density at radius 2 is 1.80 bits per heavy atom. The molecule has 0 radical (unpaired) electrons.